The number of aromatic amines is 1. The van der Waals surface area contributed by atoms with Crippen LogP contribution in [-0.2, 0) is 10.0 Å². The van der Waals surface area contributed by atoms with E-state index in [-0.39, 0.29) is 33.4 Å². The molecule has 0 aliphatic carbocycles. The molecule has 120 valence electrons. The number of nitrogens with zero attached hydrogens (tertiary/aromatic N) is 3. The predicted octanol–water partition coefficient (Wildman–Crippen LogP) is 2.02. The van der Waals surface area contributed by atoms with Crippen molar-refractivity contribution in [2.75, 3.05) is 4.72 Å². The Kier molecular flexibility index (Phi) is 3.60. The summed E-state index contributed by atoms with van der Waals surface area (Å²) in [6.45, 7) is 3.02. The van der Waals surface area contributed by atoms with Gasteiger partial charge >= 0.3 is 0 Å². The van der Waals surface area contributed by atoms with Gasteiger partial charge in [0, 0.05) is 5.69 Å². The van der Waals surface area contributed by atoms with Crippen LogP contribution in [0.15, 0.2) is 33.9 Å². The molecular formula is C13H12FN5O3S. The molecule has 0 amide bonds. The summed E-state index contributed by atoms with van der Waals surface area (Å²) in [6.07, 6.45) is 1.23. The summed E-state index contributed by atoms with van der Waals surface area (Å²) in [7, 11) is -3.90. The number of anilines is 1. The summed E-state index contributed by atoms with van der Waals surface area (Å²) in [4.78, 5) is 3.82. The van der Waals surface area contributed by atoms with Crippen molar-refractivity contribution in [3.63, 3.8) is 0 Å². The molecule has 10 heteroatoms. The molecule has 0 saturated carbocycles. The molecule has 0 aliphatic heterocycles. The number of sulfonamides is 1. The van der Waals surface area contributed by atoms with Gasteiger partial charge in [0.2, 0.25) is 0 Å². The molecule has 1 aromatic carbocycles. The van der Waals surface area contributed by atoms with E-state index in [1.54, 1.807) is 0 Å². The molecule has 0 radical (unpaired) electrons. The lowest BCUT2D eigenvalue weighted by Gasteiger charge is -2.09. The van der Waals surface area contributed by atoms with Gasteiger partial charge in [0.15, 0.2) is 16.5 Å². The van der Waals surface area contributed by atoms with Crippen LogP contribution in [0.1, 0.15) is 11.5 Å². The molecule has 2 heterocycles. The summed E-state index contributed by atoms with van der Waals surface area (Å²) in [5, 5.41) is 9.79. The largest absolute Gasteiger partial charge is 0.360 e. The lowest BCUT2D eigenvalue weighted by Crippen LogP contribution is -2.14. The highest BCUT2D eigenvalue weighted by molar-refractivity contribution is 7.92. The van der Waals surface area contributed by atoms with Crippen LogP contribution in [-0.4, -0.2) is 28.8 Å². The fourth-order valence-electron chi connectivity index (χ4n) is 2.17. The standard InChI is InChI=1S/C13H12FN5O3S/c1-7-12(8(2)22-18-7)23(20,21)19-9-3-4-11(14)10(5-9)13-15-6-16-17-13/h3-6,19H,1-2H3,(H,15,16,17). The number of H-pyrrole nitrogens is 1. The second kappa shape index (κ2) is 5.47. The highest BCUT2D eigenvalue weighted by atomic mass is 32.2. The SMILES string of the molecule is Cc1noc(C)c1S(=O)(=O)Nc1ccc(F)c(-c2ncn[nH]2)c1. The average Bonchev–Trinajstić information content (AvgIpc) is 3.11. The van der Waals surface area contributed by atoms with Crippen molar-refractivity contribution in [1.82, 2.24) is 20.3 Å². The summed E-state index contributed by atoms with van der Waals surface area (Å²) >= 11 is 0. The number of rotatable bonds is 4. The maximum Gasteiger partial charge on any atom is 0.267 e. The van der Waals surface area contributed by atoms with Crippen molar-refractivity contribution in [1.29, 1.82) is 0 Å². The Morgan fingerprint density at radius 2 is 2.09 bits per heavy atom. The highest BCUT2D eigenvalue weighted by Crippen LogP contribution is 2.26. The van der Waals surface area contributed by atoms with Crippen LogP contribution in [0.3, 0.4) is 0 Å². The molecule has 0 bridgehead atoms. The van der Waals surface area contributed by atoms with Crippen molar-refractivity contribution in [3.05, 3.63) is 41.8 Å². The van der Waals surface area contributed by atoms with E-state index in [0.29, 0.717) is 0 Å². The number of nitrogens with one attached hydrogen (secondary N) is 2. The van der Waals surface area contributed by atoms with Crippen LogP contribution in [0.4, 0.5) is 10.1 Å². The molecule has 8 nitrogen and oxygen atoms in total. The second-order valence-electron chi connectivity index (χ2n) is 4.79. The molecule has 0 atom stereocenters. The third-order valence-corrected chi connectivity index (χ3v) is 4.75. The maximum absolute atomic E-state index is 13.9. The summed E-state index contributed by atoms with van der Waals surface area (Å²) in [5.74, 6) is -0.185. The Bertz CT molecular complexity index is 931. The van der Waals surface area contributed by atoms with E-state index in [4.69, 9.17) is 4.52 Å². The van der Waals surface area contributed by atoms with Gasteiger partial charge in [0.1, 0.15) is 17.8 Å². The van der Waals surface area contributed by atoms with Gasteiger partial charge in [-0.25, -0.2) is 17.8 Å². The minimum absolute atomic E-state index is 0.0389. The van der Waals surface area contributed by atoms with Crippen LogP contribution in [0.2, 0.25) is 0 Å². The maximum atomic E-state index is 13.9. The highest BCUT2D eigenvalue weighted by Gasteiger charge is 2.24. The van der Waals surface area contributed by atoms with E-state index in [0.717, 1.165) is 6.07 Å². The molecule has 0 aliphatic rings. The molecular weight excluding hydrogens is 325 g/mol. The number of hydrogen-bond donors (Lipinski definition) is 2. The zero-order chi connectivity index (χ0) is 16.6. The van der Waals surface area contributed by atoms with Crippen molar-refractivity contribution >= 4 is 15.7 Å². The van der Waals surface area contributed by atoms with Gasteiger partial charge in [-0.3, -0.25) is 9.82 Å². The number of aryl methyl sites for hydroxylation is 2. The van der Waals surface area contributed by atoms with Crippen molar-refractivity contribution in [2.24, 2.45) is 0 Å². The summed E-state index contributed by atoms with van der Waals surface area (Å²) in [6, 6.07) is 3.78. The minimum Gasteiger partial charge on any atom is -0.360 e. The predicted molar refractivity (Wildman–Crippen MR) is 78.6 cm³/mol. The van der Waals surface area contributed by atoms with E-state index in [1.807, 2.05) is 0 Å². The topological polar surface area (TPSA) is 114 Å². The Morgan fingerprint density at radius 1 is 1.30 bits per heavy atom. The van der Waals surface area contributed by atoms with Crippen LogP contribution < -0.4 is 4.72 Å². The van der Waals surface area contributed by atoms with Gasteiger partial charge in [0.05, 0.1) is 5.56 Å². The molecule has 3 aromatic rings. The zero-order valence-electron chi connectivity index (χ0n) is 12.2. The van der Waals surface area contributed by atoms with E-state index in [2.05, 4.69) is 25.1 Å². The molecule has 0 saturated heterocycles. The van der Waals surface area contributed by atoms with Crippen LogP contribution in [0.5, 0.6) is 0 Å². The summed E-state index contributed by atoms with van der Waals surface area (Å²) < 4.78 is 46.0. The van der Waals surface area contributed by atoms with Crippen molar-refractivity contribution in [2.45, 2.75) is 18.7 Å². The monoisotopic (exact) mass is 337 g/mol. The van der Waals surface area contributed by atoms with Gasteiger partial charge in [-0.1, -0.05) is 5.16 Å². The molecule has 0 spiro atoms. The van der Waals surface area contributed by atoms with Crippen molar-refractivity contribution < 1.29 is 17.3 Å². The van der Waals surface area contributed by atoms with Crippen molar-refractivity contribution in [3.8, 4) is 11.4 Å². The lowest BCUT2D eigenvalue weighted by molar-refractivity contribution is 0.390. The van der Waals surface area contributed by atoms with Crippen LogP contribution >= 0.6 is 0 Å². The Hall–Kier alpha value is -2.75. The van der Waals surface area contributed by atoms with E-state index in [1.165, 1.54) is 32.3 Å². The van der Waals surface area contributed by atoms with Gasteiger partial charge in [-0.05, 0) is 32.0 Å². The number of halogens is 1. The Morgan fingerprint density at radius 3 is 2.70 bits per heavy atom. The number of benzene rings is 1. The van der Waals surface area contributed by atoms with Gasteiger partial charge in [-0.15, -0.1) is 0 Å². The molecule has 3 rings (SSSR count). The lowest BCUT2D eigenvalue weighted by atomic mass is 10.2. The smallest absolute Gasteiger partial charge is 0.267 e. The van der Waals surface area contributed by atoms with E-state index >= 15 is 0 Å². The third kappa shape index (κ3) is 2.80. The third-order valence-electron chi connectivity index (χ3n) is 3.13. The van der Waals surface area contributed by atoms with Crippen LogP contribution in [0.25, 0.3) is 11.4 Å². The summed E-state index contributed by atoms with van der Waals surface area (Å²) in [5.41, 5.74) is 0.520. The average molecular weight is 337 g/mol. The molecule has 2 N–H and O–H groups in total. The fraction of sp³-hybridized carbons (Fsp3) is 0.154. The number of aromatic nitrogens is 4. The first kappa shape index (κ1) is 15.2. The van der Waals surface area contributed by atoms with E-state index < -0.39 is 15.8 Å². The zero-order valence-corrected chi connectivity index (χ0v) is 13.0. The number of hydrogen-bond acceptors (Lipinski definition) is 6. The molecule has 23 heavy (non-hydrogen) atoms. The van der Waals surface area contributed by atoms with Crippen LogP contribution in [0, 0.1) is 19.7 Å². The van der Waals surface area contributed by atoms with Gasteiger partial charge < -0.3 is 4.52 Å². The Labute approximate surface area is 130 Å². The Balaban J connectivity index is 1.99. The minimum atomic E-state index is -3.90. The normalized spacial score (nSPS) is 11.6. The second-order valence-corrected chi connectivity index (χ2v) is 6.41. The van der Waals surface area contributed by atoms with Gasteiger partial charge in [-0.2, -0.15) is 5.10 Å². The first-order valence-corrected chi connectivity index (χ1v) is 7.98. The first-order valence-electron chi connectivity index (χ1n) is 6.49. The fourth-order valence-corrected chi connectivity index (χ4v) is 3.55. The molecule has 2 aromatic heterocycles. The molecule has 0 unspecified atom stereocenters. The quantitative estimate of drug-likeness (QED) is 0.753. The molecule has 0 fully saturated rings. The first-order chi connectivity index (χ1) is 10.9. The van der Waals surface area contributed by atoms with Gasteiger partial charge in [0.25, 0.3) is 10.0 Å². The van der Waals surface area contributed by atoms with E-state index in [9.17, 15) is 12.8 Å².